The lowest BCUT2D eigenvalue weighted by Gasteiger charge is -2.16. The SMILES string of the molecule is Cn1nccc1CCC(=O)N1CCC(c2cnccn2)C1. The van der Waals surface area contributed by atoms with Crippen molar-refractivity contribution in [1.82, 2.24) is 24.6 Å². The molecule has 0 saturated carbocycles. The third-order valence-electron chi connectivity index (χ3n) is 4.06. The van der Waals surface area contributed by atoms with E-state index in [1.54, 1.807) is 24.8 Å². The van der Waals surface area contributed by atoms with Gasteiger partial charge in [-0.1, -0.05) is 0 Å². The summed E-state index contributed by atoms with van der Waals surface area (Å²) in [6.07, 6.45) is 9.19. The molecule has 1 fully saturated rings. The maximum atomic E-state index is 12.3. The number of carbonyl (C=O) groups excluding carboxylic acids is 1. The predicted molar refractivity (Wildman–Crippen MR) is 77.5 cm³/mol. The molecule has 1 amide bonds. The molecule has 1 aliphatic heterocycles. The topological polar surface area (TPSA) is 63.9 Å². The molecule has 2 aromatic heterocycles. The van der Waals surface area contributed by atoms with Crippen molar-refractivity contribution in [3.63, 3.8) is 0 Å². The number of hydrogen-bond acceptors (Lipinski definition) is 4. The summed E-state index contributed by atoms with van der Waals surface area (Å²) in [4.78, 5) is 22.7. The average molecular weight is 285 g/mol. The van der Waals surface area contributed by atoms with E-state index in [-0.39, 0.29) is 5.91 Å². The molecule has 21 heavy (non-hydrogen) atoms. The Balaban J connectivity index is 1.54. The minimum Gasteiger partial charge on any atom is -0.342 e. The first-order chi connectivity index (χ1) is 10.2. The highest BCUT2D eigenvalue weighted by Gasteiger charge is 2.27. The predicted octanol–water partition coefficient (Wildman–Crippen LogP) is 1.16. The Morgan fingerprint density at radius 3 is 3.00 bits per heavy atom. The molecule has 1 aliphatic rings. The number of amides is 1. The van der Waals surface area contributed by atoms with Gasteiger partial charge in [0.05, 0.1) is 5.69 Å². The van der Waals surface area contributed by atoms with Crippen LogP contribution in [-0.4, -0.2) is 43.6 Å². The summed E-state index contributed by atoms with van der Waals surface area (Å²) in [7, 11) is 1.90. The van der Waals surface area contributed by atoms with Gasteiger partial charge in [-0.3, -0.25) is 19.4 Å². The van der Waals surface area contributed by atoms with Gasteiger partial charge in [-0.25, -0.2) is 0 Å². The Labute approximate surface area is 123 Å². The van der Waals surface area contributed by atoms with Gasteiger partial charge >= 0.3 is 0 Å². The number of aryl methyl sites for hydroxylation is 2. The second-order valence-electron chi connectivity index (χ2n) is 5.40. The summed E-state index contributed by atoms with van der Waals surface area (Å²) in [6, 6.07) is 1.96. The first-order valence-electron chi connectivity index (χ1n) is 7.24. The molecule has 3 heterocycles. The minimum absolute atomic E-state index is 0.211. The summed E-state index contributed by atoms with van der Waals surface area (Å²) in [5.74, 6) is 0.530. The van der Waals surface area contributed by atoms with Gasteiger partial charge < -0.3 is 4.90 Å². The molecular formula is C15H19N5O. The van der Waals surface area contributed by atoms with Gasteiger partial charge in [-0.15, -0.1) is 0 Å². The smallest absolute Gasteiger partial charge is 0.222 e. The molecule has 0 aliphatic carbocycles. The lowest BCUT2D eigenvalue weighted by molar-refractivity contribution is -0.130. The third kappa shape index (κ3) is 3.09. The standard InChI is InChI=1S/C15H19N5O/c1-19-13(4-6-18-19)2-3-15(21)20-9-5-12(11-20)14-10-16-7-8-17-14/h4,6-8,10,12H,2-3,5,9,11H2,1H3. The van der Waals surface area contributed by atoms with Crippen molar-refractivity contribution >= 4 is 5.91 Å². The monoisotopic (exact) mass is 285 g/mol. The second kappa shape index (κ2) is 6.03. The van der Waals surface area contributed by atoms with E-state index >= 15 is 0 Å². The van der Waals surface area contributed by atoms with Gasteiger partial charge in [0.2, 0.25) is 5.91 Å². The lowest BCUT2D eigenvalue weighted by atomic mass is 10.1. The highest BCUT2D eigenvalue weighted by Crippen LogP contribution is 2.25. The molecule has 0 bridgehead atoms. The van der Waals surface area contributed by atoms with Crippen molar-refractivity contribution < 1.29 is 4.79 Å². The summed E-state index contributed by atoms with van der Waals surface area (Å²) < 4.78 is 1.82. The molecule has 0 aromatic carbocycles. The molecule has 6 nitrogen and oxygen atoms in total. The first kappa shape index (κ1) is 13.7. The van der Waals surface area contributed by atoms with Crippen LogP contribution in [0.15, 0.2) is 30.9 Å². The van der Waals surface area contributed by atoms with Gasteiger partial charge in [0, 0.05) is 63.0 Å². The Bertz CT molecular complexity index is 610. The van der Waals surface area contributed by atoms with Crippen LogP contribution in [0, 0.1) is 0 Å². The van der Waals surface area contributed by atoms with E-state index in [1.165, 1.54) is 0 Å². The minimum atomic E-state index is 0.211. The van der Waals surface area contributed by atoms with Crippen molar-refractivity contribution in [1.29, 1.82) is 0 Å². The van der Waals surface area contributed by atoms with Gasteiger partial charge in [-0.2, -0.15) is 5.10 Å². The van der Waals surface area contributed by atoms with E-state index in [9.17, 15) is 4.79 Å². The van der Waals surface area contributed by atoms with E-state index in [0.29, 0.717) is 12.3 Å². The molecular weight excluding hydrogens is 266 g/mol. The zero-order valence-electron chi connectivity index (χ0n) is 12.1. The van der Waals surface area contributed by atoms with E-state index in [1.807, 2.05) is 22.7 Å². The molecule has 110 valence electrons. The summed E-state index contributed by atoms with van der Waals surface area (Å²) in [6.45, 7) is 1.56. The van der Waals surface area contributed by atoms with Crippen molar-refractivity contribution in [2.24, 2.45) is 7.05 Å². The highest BCUT2D eigenvalue weighted by atomic mass is 16.2. The van der Waals surface area contributed by atoms with Crippen LogP contribution in [0.4, 0.5) is 0 Å². The highest BCUT2D eigenvalue weighted by molar-refractivity contribution is 5.76. The maximum absolute atomic E-state index is 12.3. The van der Waals surface area contributed by atoms with Gasteiger partial charge in [-0.05, 0) is 18.9 Å². The molecule has 0 radical (unpaired) electrons. The molecule has 0 spiro atoms. The Hall–Kier alpha value is -2.24. The number of aromatic nitrogens is 4. The molecule has 2 aromatic rings. The number of hydrogen-bond donors (Lipinski definition) is 0. The van der Waals surface area contributed by atoms with Crippen LogP contribution in [0.5, 0.6) is 0 Å². The zero-order chi connectivity index (χ0) is 14.7. The van der Waals surface area contributed by atoms with E-state index < -0.39 is 0 Å². The quantitative estimate of drug-likeness (QED) is 0.845. The molecule has 6 heteroatoms. The van der Waals surface area contributed by atoms with Crippen LogP contribution in [0.2, 0.25) is 0 Å². The summed E-state index contributed by atoms with van der Waals surface area (Å²) >= 11 is 0. The summed E-state index contributed by atoms with van der Waals surface area (Å²) in [5, 5.41) is 4.12. The molecule has 3 rings (SSSR count). The van der Waals surface area contributed by atoms with Gasteiger partial charge in [0.15, 0.2) is 0 Å². The largest absolute Gasteiger partial charge is 0.342 e. The van der Waals surface area contributed by atoms with E-state index in [0.717, 1.165) is 37.3 Å². The number of carbonyl (C=O) groups is 1. The van der Waals surface area contributed by atoms with Crippen LogP contribution in [-0.2, 0) is 18.3 Å². The zero-order valence-corrected chi connectivity index (χ0v) is 12.1. The van der Waals surface area contributed by atoms with Crippen LogP contribution in [0.25, 0.3) is 0 Å². The molecule has 1 atom stereocenters. The number of rotatable bonds is 4. The van der Waals surface area contributed by atoms with Gasteiger partial charge in [0.1, 0.15) is 0 Å². The Morgan fingerprint density at radius 1 is 1.38 bits per heavy atom. The van der Waals surface area contributed by atoms with Gasteiger partial charge in [0.25, 0.3) is 0 Å². The Morgan fingerprint density at radius 2 is 2.29 bits per heavy atom. The Kier molecular flexibility index (Phi) is 3.94. The molecule has 0 N–H and O–H groups in total. The molecule has 1 saturated heterocycles. The van der Waals surface area contributed by atoms with Crippen LogP contribution in [0.1, 0.15) is 30.1 Å². The fourth-order valence-electron chi connectivity index (χ4n) is 2.79. The molecule has 1 unspecified atom stereocenters. The normalized spacial score (nSPS) is 18.1. The number of nitrogens with zero attached hydrogens (tertiary/aromatic N) is 5. The van der Waals surface area contributed by atoms with Crippen LogP contribution >= 0.6 is 0 Å². The first-order valence-corrected chi connectivity index (χ1v) is 7.24. The van der Waals surface area contributed by atoms with Crippen molar-refractivity contribution in [2.75, 3.05) is 13.1 Å². The van der Waals surface area contributed by atoms with E-state index in [2.05, 4.69) is 15.1 Å². The average Bonchev–Trinajstić information content (AvgIpc) is 3.15. The van der Waals surface area contributed by atoms with Crippen molar-refractivity contribution in [2.45, 2.75) is 25.2 Å². The summed E-state index contributed by atoms with van der Waals surface area (Å²) in [5.41, 5.74) is 2.08. The lowest BCUT2D eigenvalue weighted by Crippen LogP contribution is -2.28. The van der Waals surface area contributed by atoms with Crippen molar-refractivity contribution in [3.8, 4) is 0 Å². The second-order valence-corrected chi connectivity index (χ2v) is 5.40. The van der Waals surface area contributed by atoms with Crippen LogP contribution < -0.4 is 0 Å². The van der Waals surface area contributed by atoms with Crippen LogP contribution in [0.3, 0.4) is 0 Å². The number of likely N-dealkylation sites (tertiary alicyclic amines) is 1. The fourth-order valence-corrected chi connectivity index (χ4v) is 2.79. The third-order valence-corrected chi connectivity index (χ3v) is 4.06. The maximum Gasteiger partial charge on any atom is 0.222 e. The van der Waals surface area contributed by atoms with E-state index in [4.69, 9.17) is 0 Å². The van der Waals surface area contributed by atoms with Crippen molar-refractivity contribution in [3.05, 3.63) is 42.2 Å². The fraction of sp³-hybridized carbons (Fsp3) is 0.467.